The molecule has 0 spiro atoms. The third kappa shape index (κ3) is 7.59. The van der Waals surface area contributed by atoms with E-state index in [1.165, 1.54) is 32.1 Å². The van der Waals surface area contributed by atoms with Crippen molar-refractivity contribution in [1.29, 1.82) is 0 Å². The molecule has 0 atom stereocenters. The molecule has 0 bridgehead atoms. The quantitative estimate of drug-likeness (QED) is 0.494. The molecule has 1 N–H and O–H groups in total. The van der Waals surface area contributed by atoms with Crippen molar-refractivity contribution in [1.82, 2.24) is 15.2 Å². The summed E-state index contributed by atoms with van der Waals surface area (Å²) in [7, 11) is 0. The highest BCUT2D eigenvalue weighted by molar-refractivity contribution is 5.70. The molecule has 1 aromatic heterocycles. The minimum Gasteiger partial charge on any atom is -0.439 e. The first-order chi connectivity index (χ1) is 16.9. The van der Waals surface area contributed by atoms with Crippen LogP contribution in [0.25, 0.3) is 0 Å². The molecule has 4 rings (SSSR count). The number of carbonyl (C=O) groups excluding carboxylic acids is 1. The number of piperidine rings is 1. The van der Waals surface area contributed by atoms with Crippen molar-refractivity contribution < 1.29 is 27.4 Å². The maximum Gasteiger partial charge on any atom is 0.417 e. The number of ether oxygens (including phenoxy) is 2. The first-order valence-corrected chi connectivity index (χ1v) is 12.4. The number of likely N-dealkylation sites (tertiary alicyclic amines) is 1. The molecule has 6 nitrogen and oxygen atoms in total. The molecule has 9 heteroatoms. The number of nitrogens with one attached hydrogen (secondary N) is 1. The second kappa shape index (κ2) is 11.7. The Morgan fingerprint density at radius 3 is 2.14 bits per heavy atom. The van der Waals surface area contributed by atoms with Gasteiger partial charge in [0.05, 0.1) is 5.56 Å². The standard InChI is InChI=1S/C26H32F3N3O3/c27-26(28,29)21-6-11-24(31-18-21)34-22-7-9-23(10-8-22)35-25(33)32-14-12-20(13-15-32)17-30-16-19-4-2-1-3-5-19/h6-11,18-20,30H,1-5,12-17H2. The van der Waals surface area contributed by atoms with Crippen LogP contribution in [0.5, 0.6) is 17.4 Å². The smallest absolute Gasteiger partial charge is 0.417 e. The van der Waals surface area contributed by atoms with E-state index < -0.39 is 11.7 Å². The normalized spacial score (nSPS) is 17.9. The minimum absolute atomic E-state index is 0.0406. The molecule has 0 unspecified atom stereocenters. The fourth-order valence-electron chi connectivity index (χ4n) is 4.67. The lowest BCUT2D eigenvalue weighted by Crippen LogP contribution is -2.42. The molecule has 190 valence electrons. The molecule has 35 heavy (non-hydrogen) atoms. The summed E-state index contributed by atoms with van der Waals surface area (Å²) >= 11 is 0. The third-order valence-corrected chi connectivity index (χ3v) is 6.78. The molecule has 1 saturated heterocycles. The SMILES string of the molecule is O=C(Oc1ccc(Oc2ccc(C(F)(F)F)cn2)cc1)N1CCC(CNCC2CCCCC2)CC1. The van der Waals surface area contributed by atoms with Gasteiger partial charge >= 0.3 is 12.3 Å². The number of alkyl halides is 3. The minimum atomic E-state index is -4.45. The van der Waals surface area contributed by atoms with Crippen molar-refractivity contribution in [2.75, 3.05) is 26.2 Å². The maximum atomic E-state index is 12.6. The van der Waals surface area contributed by atoms with Gasteiger partial charge in [-0.25, -0.2) is 9.78 Å². The van der Waals surface area contributed by atoms with Crippen molar-refractivity contribution in [2.45, 2.75) is 51.1 Å². The van der Waals surface area contributed by atoms with Gasteiger partial charge in [0, 0.05) is 25.4 Å². The number of hydrogen-bond donors (Lipinski definition) is 1. The predicted octanol–water partition coefficient (Wildman–Crippen LogP) is 6.27. The fourth-order valence-corrected chi connectivity index (χ4v) is 4.67. The van der Waals surface area contributed by atoms with Gasteiger partial charge in [0.15, 0.2) is 0 Å². The predicted molar refractivity (Wildman–Crippen MR) is 126 cm³/mol. The van der Waals surface area contributed by atoms with E-state index in [4.69, 9.17) is 9.47 Å². The second-order valence-corrected chi connectivity index (χ2v) is 9.42. The van der Waals surface area contributed by atoms with E-state index in [0.29, 0.717) is 30.5 Å². The van der Waals surface area contributed by atoms with Crippen LogP contribution in [0, 0.1) is 11.8 Å². The van der Waals surface area contributed by atoms with E-state index in [1.807, 2.05) is 0 Å². The Hall–Kier alpha value is -2.81. The molecule has 1 saturated carbocycles. The van der Waals surface area contributed by atoms with Gasteiger partial charge in [-0.1, -0.05) is 19.3 Å². The van der Waals surface area contributed by atoms with Crippen LogP contribution in [-0.4, -0.2) is 42.2 Å². The molecule has 1 amide bonds. The van der Waals surface area contributed by atoms with E-state index in [0.717, 1.165) is 50.2 Å². The number of rotatable bonds is 7. The Labute approximate surface area is 203 Å². The summed E-state index contributed by atoms with van der Waals surface area (Å²) in [5.41, 5.74) is -0.841. The van der Waals surface area contributed by atoms with E-state index in [9.17, 15) is 18.0 Å². The Kier molecular flexibility index (Phi) is 8.49. The van der Waals surface area contributed by atoms with Crippen molar-refractivity contribution in [3.63, 3.8) is 0 Å². The van der Waals surface area contributed by atoms with Crippen LogP contribution in [0.15, 0.2) is 42.6 Å². The maximum absolute atomic E-state index is 12.6. The van der Waals surface area contributed by atoms with Gasteiger partial charge < -0.3 is 19.7 Å². The third-order valence-electron chi connectivity index (χ3n) is 6.78. The van der Waals surface area contributed by atoms with Crippen LogP contribution in [0.2, 0.25) is 0 Å². The summed E-state index contributed by atoms with van der Waals surface area (Å²) in [4.78, 5) is 18.0. The number of hydrogen-bond acceptors (Lipinski definition) is 5. The highest BCUT2D eigenvalue weighted by Gasteiger charge is 2.30. The van der Waals surface area contributed by atoms with Crippen molar-refractivity contribution in [3.05, 3.63) is 48.2 Å². The lowest BCUT2D eigenvalue weighted by Gasteiger charge is -2.32. The fraction of sp³-hybridized carbons (Fsp3) is 0.538. The Morgan fingerprint density at radius 1 is 0.914 bits per heavy atom. The zero-order chi connectivity index (χ0) is 24.7. The topological polar surface area (TPSA) is 63.7 Å². The van der Waals surface area contributed by atoms with Crippen LogP contribution in [0.3, 0.4) is 0 Å². The zero-order valence-corrected chi connectivity index (χ0v) is 19.7. The number of benzene rings is 1. The first kappa shape index (κ1) is 25.3. The molecule has 1 aliphatic heterocycles. The van der Waals surface area contributed by atoms with Gasteiger partial charge in [0.25, 0.3) is 0 Å². The average Bonchev–Trinajstić information content (AvgIpc) is 2.86. The van der Waals surface area contributed by atoms with E-state index in [-0.39, 0.29) is 12.0 Å². The number of halogens is 3. The molecule has 2 aromatic rings. The summed E-state index contributed by atoms with van der Waals surface area (Å²) in [5, 5.41) is 3.64. The lowest BCUT2D eigenvalue weighted by molar-refractivity contribution is -0.137. The highest BCUT2D eigenvalue weighted by Crippen LogP contribution is 2.30. The Balaban J connectivity index is 1.17. The summed E-state index contributed by atoms with van der Waals surface area (Å²) < 4.78 is 48.9. The van der Waals surface area contributed by atoms with Crippen molar-refractivity contribution >= 4 is 6.09 Å². The summed E-state index contributed by atoms with van der Waals surface area (Å²) in [6.45, 7) is 3.47. The number of nitrogens with zero attached hydrogens (tertiary/aromatic N) is 2. The van der Waals surface area contributed by atoms with Crippen molar-refractivity contribution in [2.24, 2.45) is 11.8 Å². The Bertz CT molecular complexity index is 937. The second-order valence-electron chi connectivity index (χ2n) is 9.42. The zero-order valence-electron chi connectivity index (χ0n) is 19.7. The van der Waals surface area contributed by atoms with E-state index >= 15 is 0 Å². The largest absolute Gasteiger partial charge is 0.439 e. The summed E-state index contributed by atoms with van der Waals surface area (Å²) in [5.74, 6) is 2.19. The van der Waals surface area contributed by atoms with Gasteiger partial charge in [-0.2, -0.15) is 13.2 Å². The van der Waals surface area contributed by atoms with Crippen molar-refractivity contribution in [3.8, 4) is 17.4 Å². The van der Waals surface area contributed by atoms with Gasteiger partial charge in [-0.3, -0.25) is 0 Å². The molecular formula is C26H32F3N3O3. The molecule has 2 heterocycles. The van der Waals surface area contributed by atoms with Crippen LogP contribution in [0.4, 0.5) is 18.0 Å². The molecule has 2 fully saturated rings. The molecule has 2 aliphatic rings. The monoisotopic (exact) mass is 491 g/mol. The van der Waals surface area contributed by atoms with Gasteiger partial charge in [0.1, 0.15) is 11.5 Å². The number of carbonyl (C=O) groups is 1. The summed E-state index contributed by atoms with van der Waals surface area (Å²) in [6.07, 6.45) is 4.60. The van der Waals surface area contributed by atoms with Gasteiger partial charge in [-0.15, -0.1) is 0 Å². The summed E-state index contributed by atoms with van der Waals surface area (Å²) in [6, 6.07) is 8.39. The van der Waals surface area contributed by atoms with E-state index in [2.05, 4.69) is 10.3 Å². The first-order valence-electron chi connectivity index (χ1n) is 12.4. The van der Waals surface area contributed by atoms with E-state index in [1.54, 1.807) is 29.2 Å². The lowest BCUT2D eigenvalue weighted by atomic mass is 9.89. The van der Waals surface area contributed by atoms with Crippen LogP contribution >= 0.6 is 0 Å². The van der Waals surface area contributed by atoms with Crippen LogP contribution in [0.1, 0.15) is 50.5 Å². The van der Waals surface area contributed by atoms with Crippen LogP contribution in [-0.2, 0) is 6.18 Å². The van der Waals surface area contributed by atoms with Gasteiger partial charge in [0.2, 0.25) is 5.88 Å². The molecule has 1 aromatic carbocycles. The molecule has 0 radical (unpaired) electrons. The van der Waals surface area contributed by atoms with Crippen LogP contribution < -0.4 is 14.8 Å². The molecule has 1 aliphatic carbocycles. The molecular weight excluding hydrogens is 459 g/mol. The number of aromatic nitrogens is 1. The highest BCUT2D eigenvalue weighted by atomic mass is 19.4. The number of pyridine rings is 1. The number of amides is 1. The van der Waals surface area contributed by atoms with Gasteiger partial charge in [-0.05, 0) is 80.9 Å². The average molecular weight is 492 g/mol. The Morgan fingerprint density at radius 2 is 1.54 bits per heavy atom.